The average molecular weight is 554 g/mol. The van der Waals surface area contributed by atoms with E-state index in [4.69, 9.17) is 34.8 Å². The van der Waals surface area contributed by atoms with Crippen LogP contribution in [0.4, 0.5) is 22.7 Å². The topological polar surface area (TPSA) is 6.48 Å². The van der Waals surface area contributed by atoms with Crippen LogP contribution in [0.5, 0.6) is 0 Å². The van der Waals surface area contributed by atoms with Gasteiger partial charge < -0.3 is 9.80 Å². The predicted octanol–water partition coefficient (Wildman–Crippen LogP) is 11.2. The van der Waals surface area contributed by atoms with E-state index in [0.29, 0.717) is 15.1 Å². The Kier molecular flexibility index (Phi) is 12.2. The number of nitrogens with zero attached hydrogens (tertiary/aromatic N) is 2. The van der Waals surface area contributed by atoms with Crippen molar-refractivity contribution < 1.29 is 0 Å². The van der Waals surface area contributed by atoms with Gasteiger partial charge in [-0.3, -0.25) is 0 Å². The summed E-state index contributed by atoms with van der Waals surface area (Å²) < 4.78 is 0. The molecule has 0 aliphatic heterocycles. The Labute approximate surface area is 237 Å². The van der Waals surface area contributed by atoms with Crippen molar-refractivity contribution in [3.8, 4) is 0 Å². The van der Waals surface area contributed by atoms with Gasteiger partial charge in [0.05, 0.1) is 0 Å². The molecule has 0 heterocycles. The molecule has 0 saturated carbocycles. The van der Waals surface area contributed by atoms with Crippen LogP contribution in [0.15, 0.2) is 103 Å². The second-order valence-corrected chi connectivity index (χ2v) is 10.1. The molecule has 5 heteroatoms. The van der Waals surface area contributed by atoms with Crippen LogP contribution in [0.3, 0.4) is 0 Å². The lowest BCUT2D eigenvalue weighted by molar-refractivity contribution is 0.678. The Bertz CT molecular complexity index is 1050. The molecule has 0 aliphatic carbocycles. The van der Waals surface area contributed by atoms with Gasteiger partial charge in [-0.15, -0.1) is 0 Å². The van der Waals surface area contributed by atoms with E-state index in [9.17, 15) is 0 Å². The van der Waals surface area contributed by atoms with E-state index in [-0.39, 0.29) is 0 Å². The van der Waals surface area contributed by atoms with Crippen molar-refractivity contribution >= 4 is 57.6 Å². The quantitative estimate of drug-likeness (QED) is 0.193. The molecule has 0 radical (unpaired) electrons. The SMILES string of the molecule is CCCCN(CCCC)c1ccccc1.Clc1ccc(N(c2ccc(Cl)cc2)c2ccc(Cl)cc2)cc1. The van der Waals surface area contributed by atoms with Crippen molar-refractivity contribution in [1.29, 1.82) is 0 Å². The van der Waals surface area contributed by atoms with Crippen LogP contribution in [-0.4, -0.2) is 13.1 Å². The summed E-state index contributed by atoms with van der Waals surface area (Å²) >= 11 is 18.0. The zero-order valence-electron chi connectivity index (χ0n) is 21.6. The van der Waals surface area contributed by atoms with E-state index in [2.05, 4.69) is 54.0 Å². The molecule has 0 amide bonds. The van der Waals surface area contributed by atoms with E-state index in [1.807, 2.05) is 72.8 Å². The number of halogens is 3. The molecule has 2 nitrogen and oxygen atoms in total. The maximum absolute atomic E-state index is 6.00. The van der Waals surface area contributed by atoms with Crippen LogP contribution in [0.2, 0.25) is 15.1 Å². The van der Waals surface area contributed by atoms with Gasteiger partial charge in [0.1, 0.15) is 0 Å². The number of hydrogen-bond acceptors (Lipinski definition) is 2. The largest absolute Gasteiger partial charge is 0.372 e. The number of benzene rings is 4. The van der Waals surface area contributed by atoms with Crippen molar-refractivity contribution in [1.82, 2.24) is 0 Å². The Hall–Kier alpha value is -2.65. The standard InChI is InChI=1S/C18H12Cl3N.C14H23N/c19-13-1-7-16(8-2-13)22(17-9-3-14(20)4-10-17)18-11-5-15(21)6-12-18;1-3-5-12-15(13-6-4-2)14-10-8-7-9-11-14/h1-12H;7-11H,3-6,12-13H2,1-2H3. The van der Waals surface area contributed by atoms with Crippen molar-refractivity contribution in [3.05, 3.63) is 118 Å². The van der Waals surface area contributed by atoms with Crippen LogP contribution in [0.25, 0.3) is 0 Å². The normalized spacial score (nSPS) is 10.4. The molecule has 0 spiro atoms. The summed E-state index contributed by atoms with van der Waals surface area (Å²) in [6.07, 6.45) is 5.13. The lowest BCUT2D eigenvalue weighted by Gasteiger charge is -2.25. The monoisotopic (exact) mass is 552 g/mol. The highest BCUT2D eigenvalue weighted by molar-refractivity contribution is 6.31. The molecule has 4 aromatic carbocycles. The highest BCUT2D eigenvalue weighted by Crippen LogP contribution is 2.35. The number of unbranched alkanes of at least 4 members (excludes halogenated alkanes) is 2. The zero-order chi connectivity index (χ0) is 26.5. The van der Waals surface area contributed by atoms with Crippen LogP contribution >= 0.6 is 34.8 Å². The highest BCUT2D eigenvalue weighted by Gasteiger charge is 2.12. The molecular weight excluding hydrogens is 519 g/mol. The van der Waals surface area contributed by atoms with E-state index in [1.54, 1.807) is 0 Å². The summed E-state index contributed by atoms with van der Waals surface area (Å²) in [6, 6.07) is 33.9. The van der Waals surface area contributed by atoms with Gasteiger partial charge in [0.25, 0.3) is 0 Å². The van der Waals surface area contributed by atoms with Gasteiger partial charge in [0.2, 0.25) is 0 Å². The van der Waals surface area contributed by atoms with Crippen LogP contribution < -0.4 is 9.80 Å². The second-order valence-electron chi connectivity index (χ2n) is 8.79. The first kappa shape index (κ1) is 28.9. The van der Waals surface area contributed by atoms with Gasteiger partial charge in [0, 0.05) is 50.9 Å². The van der Waals surface area contributed by atoms with E-state index in [1.165, 1.54) is 44.5 Å². The van der Waals surface area contributed by atoms with Crippen molar-refractivity contribution in [3.63, 3.8) is 0 Å². The van der Waals surface area contributed by atoms with Gasteiger partial charge in [0.15, 0.2) is 0 Å². The van der Waals surface area contributed by atoms with E-state index in [0.717, 1.165) is 17.1 Å². The molecule has 37 heavy (non-hydrogen) atoms. The predicted molar refractivity (Wildman–Crippen MR) is 165 cm³/mol. The van der Waals surface area contributed by atoms with Crippen LogP contribution in [-0.2, 0) is 0 Å². The van der Waals surface area contributed by atoms with Gasteiger partial charge in [-0.25, -0.2) is 0 Å². The Morgan fingerprint density at radius 1 is 0.459 bits per heavy atom. The van der Waals surface area contributed by atoms with Crippen LogP contribution in [0.1, 0.15) is 39.5 Å². The lowest BCUT2D eigenvalue weighted by Crippen LogP contribution is -2.25. The minimum atomic E-state index is 0.705. The fourth-order valence-corrected chi connectivity index (χ4v) is 4.30. The zero-order valence-corrected chi connectivity index (χ0v) is 23.9. The van der Waals surface area contributed by atoms with Gasteiger partial charge in [-0.1, -0.05) is 79.7 Å². The minimum Gasteiger partial charge on any atom is -0.372 e. The van der Waals surface area contributed by atoms with E-state index < -0.39 is 0 Å². The first-order valence-corrected chi connectivity index (χ1v) is 14.0. The fraction of sp³-hybridized carbons (Fsp3) is 0.250. The number of anilines is 4. The van der Waals surface area contributed by atoms with Crippen molar-refractivity contribution in [2.45, 2.75) is 39.5 Å². The molecule has 0 aliphatic rings. The molecular formula is C32H35Cl3N2. The fourth-order valence-electron chi connectivity index (χ4n) is 3.92. The minimum absolute atomic E-state index is 0.705. The van der Waals surface area contributed by atoms with E-state index >= 15 is 0 Å². The molecule has 4 rings (SSSR count). The third-order valence-electron chi connectivity index (χ3n) is 5.94. The molecule has 0 bridgehead atoms. The molecule has 0 atom stereocenters. The summed E-state index contributed by atoms with van der Waals surface area (Å²) in [6.45, 7) is 6.90. The Balaban J connectivity index is 0.000000222. The summed E-state index contributed by atoms with van der Waals surface area (Å²) in [7, 11) is 0. The molecule has 0 fully saturated rings. The molecule has 0 saturated heterocycles. The van der Waals surface area contributed by atoms with Gasteiger partial charge in [-0.2, -0.15) is 0 Å². The van der Waals surface area contributed by atoms with Crippen molar-refractivity contribution in [2.75, 3.05) is 22.9 Å². The Morgan fingerprint density at radius 3 is 1.14 bits per heavy atom. The first-order chi connectivity index (χ1) is 18.0. The number of para-hydroxylation sites is 1. The third kappa shape index (κ3) is 9.31. The molecule has 4 aromatic rings. The Morgan fingerprint density at radius 2 is 0.811 bits per heavy atom. The number of rotatable bonds is 10. The molecule has 194 valence electrons. The van der Waals surface area contributed by atoms with Gasteiger partial charge >= 0.3 is 0 Å². The van der Waals surface area contributed by atoms with Gasteiger partial charge in [-0.05, 0) is 97.8 Å². The summed E-state index contributed by atoms with van der Waals surface area (Å²) in [5.74, 6) is 0. The molecule has 0 N–H and O–H groups in total. The van der Waals surface area contributed by atoms with Crippen LogP contribution in [0, 0.1) is 0 Å². The second kappa shape index (κ2) is 15.6. The molecule has 0 unspecified atom stereocenters. The maximum Gasteiger partial charge on any atom is 0.0462 e. The summed E-state index contributed by atoms with van der Waals surface area (Å²) in [4.78, 5) is 4.62. The highest BCUT2D eigenvalue weighted by atomic mass is 35.5. The van der Waals surface area contributed by atoms with Crippen molar-refractivity contribution in [2.24, 2.45) is 0 Å². The number of hydrogen-bond donors (Lipinski definition) is 0. The lowest BCUT2D eigenvalue weighted by atomic mass is 10.2. The first-order valence-electron chi connectivity index (χ1n) is 12.9. The smallest absolute Gasteiger partial charge is 0.0462 e. The summed E-state index contributed by atoms with van der Waals surface area (Å²) in [5.41, 5.74) is 4.40. The average Bonchev–Trinajstić information content (AvgIpc) is 2.93. The third-order valence-corrected chi connectivity index (χ3v) is 6.69. The molecule has 0 aromatic heterocycles. The maximum atomic E-state index is 6.00. The summed E-state index contributed by atoms with van der Waals surface area (Å²) in [5, 5.41) is 2.11.